The summed E-state index contributed by atoms with van der Waals surface area (Å²) in [5.74, 6) is 5.76. The fraction of sp³-hybridized carbons (Fsp3) is 0.235. The SMILES string of the molecule is CCc1ccsc1C(=O)Nc1ccc(C)cc1C#CCN. The minimum absolute atomic E-state index is 0.0819. The number of rotatable bonds is 3. The summed E-state index contributed by atoms with van der Waals surface area (Å²) >= 11 is 1.46. The molecule has 1 aromatic carbocycles. The van der Waals surface area contributed by atoms with Crippen molar-refractivity contribution in [2.75, 3.05) is 11.9 Å². The third-order valence-electron chi connectivity index (χ3n) is 3.08. The van der Waals surface area contributed by atoms with E-state index in [1.807, 2.05) is 43.5 Å². The molecule has 0 spiro atoms. The molecule has 0 unspecified atom stereocenters. The van der Waals surface area contributed by atoms with Crippen LogP contribution in [0.1, 0.15) is 33.3 Å². The number of nitrogens with two attached hydrogens (primary N) is 1. The maximum atomic E-state index is 12.4. The van der Waals surface area contributed by atoms with Gasteiger partial charge in [0.1, 0.15) is 0 Å². The van der Waals surface area contributed by atoms with Gasteiger partial charge >= 0.3 is 0 Å². The van der Waals surface area contributed by atoms with Crippen LogP contribution >= 0.6 is 11.3 Å². The van der Waals surface area contributed by atoms with Gasteiger partial charge in [-0.05, 0) is 48.1 Å². The highest BCUT2D eigenvalue weighted by atomic mass is 32.1. The summed E-state index contributed by atoms with van der Waals surface area (Å²) in [4.78, 5) is 13.2. The minimum Gasteiger partial charge on any atom is -0.320 e. The molecule has 0 radical (unpaired) electrons. The summed E-state index contributed by atoms with van der Waals surface area (Å²) in [5, 5.41) is 4.89. The minimum atomic E-state index is -0.0819. The molecule has 0 aliphatic carbocycles. The number of hydrogen-bond acceptors (Lipinski definition) is 3. The van der Waals surface area contributed by atoms with E-state index in [0.717, 1.165) is 33.7 Å². The Bertz CT molecular complexity index is 707. The molecule has 0 saturated heterocycles. The second-order valence-electron chi connectivity index (χ2n) is 4.64. The van der Waals surface area contributed by atoms with Crippen LogP contribution in [0.5, 0.6) is 0 Å². The summed E-state index contributed by atoms with van der Waals surface area (Å²) in [7, 11) is 0. The quantitative estimate of drug-likeness (QED) is 0.855. The summed E-state index contributed by atoms with van der Waals surface area (Å²) in [6.45, 7) is 4.34. The van der Waals surface area contributed by atoms with Gasteiger partial charge in [0.15, 0.2) is 0 Å². The highest BCUT2D eigenvalue weighted by molar-refractivity contribution is 7.12. The van der Waals surface area contributed by atoms with Crippen molar-refractivity contribution >= 4 is 22.9 Å². The average Bonchev–Trinajstić information content (AvgIpc) is 2.96. The van der Waals surface area contributed by atoms with Crippen molar-refractivity contribution in [2.45, 2.75) is 20.3 Å². The van der Waals surface area contributed by atoms with E-state index in [-0.39, 0.29) is 5.91 Å². The van der Waals surface area contributed by atoms with Crippen molar-refractivity contribution in [1.82, 2.24) is 0 Å². The number of anilines is 1. The van der Waals surface area contributed by atoms with Gasteiger partial charge in [-0.1, -0.05) is 24.8 Å². The molecule has 108 valence electrons. The van der Waals surface area contributed by atoms with E-state index in [1.54, 1.807) is 0 Å². The Morgan fingerprint density at radius 1 is 1.38 bits per heavy atom. The lowest BCUT2D eigenvalue weighted by molar-refractivity contribution is 0.103. The first-order valence-electron chi connectivity index (χ1n) is 6.83. The first-order valence-corrected chi connectivity index (χ1v) is 7.71. The molecule has 0 bridgehead atoms. The zero-order valence-corrected chi connectivity index (χ0v) is 13.0. The molecule has 3 nitrogen and oxygen atoms in total. The van der Waals surface area contributed by atoms with Gasteiger partial charge in [0, 0.05) is 5.56 Å². The van der Waals surface area contributed by atoms with Crippen molar-refractivity contribution in [3.63, 3.8) is 0 Å². The normalized spacial score (nSPS) is 9.86. The van der Waals surface area contributed by atoms with E-state index in [0.29, 0.717) is 6.54 Å². The lowest BCUT2D eigenvalue weighted by Crippen LogP contribution is -2.13. The van der Waals surface area contributed by atoms with Gasteiger partial charge in [0.05, 0.1) is 17.1 Å². The van der Waals surface area contributed by atoms with Crippen LogP contribution in [0.25, 0.3) is 0 Å². The topological polar surface area (TPSA) is 55.1 Å². The number of benzene rings is 1. The number of hydrogen-bond donors (Lipinski definition) is 2. The Morgan fingerprint density at radius 3 is 2.90 bits per heavy atom. The smallest absolute Gasteiger partial charge is 0.266 e. The van der Waals surface area contributed by atoms with E-state index in [2.05, 4.69) is 17.2 Å². The van der Waals surface area contributed by atoms with E-state index in [1.165, 1.54) is 11.3 Å². The van der Waals surface area contributed by atoms with E-state index < -0.39 is 0 Å². The number of carbonyl (C=O) groups excluding carboxylic acids is 1. The van der Waals surface area contributed by atoms with Crippen molar-refractivity contribution in [3.8, 4) is 11.8 Å². The van der Waals surface area contributed by atoms with E-state index in [9.17, 15) is 4.79 Å². The molecule has 0 aliphatic heterocycles. The molecule has 2 rings (SSSR count). The second kappa shape index (κ2) is 7.07. The van der Waals surface area contributed by atoms with Crippen LogP contribution in [0.2, 0.25) is 0 Å². The molecular formula is C17H18N2OS. The molecule has 0 aliphatic rings. The lowest BCUT2D eigenvalue weighted by atomic mass is 10.1. The largest absolute Gasteiger partial charge is 0.320 e. The van der Waals surface area contributed by atoms with Crippen molar-refractivity contribution in [3.05, 3.63) is 51.2 Å². The first-order chi connectivity index (χ1) is 10.2. The fourth-order valence-corrected chi connectivity index (χ4v) is 2.90. The van der Waals surface area contributed by atoms with E-state index in [4.69, 9.17) is 5.73 Å². The third kappa shape index (κ3) is 3.72. The number of aryl methyl sites for hydroxylation is 2. The third-order valence-corrected chi connectivity index (χ3v) is 4.04. The van der Waals surface area contributed by atoms with Gasteiger partial charge in [-0.15, -0.1) is 11.3 Å². The Morgan fingerprint density at radius 2 is 2.19 bits per heavy atom. The van der Waals surface area contributed by atoms with Gasteiger partial charge in [-0.3, -0.25) is 4.79 Å². The maximum Gasteiger partial charge on any atom is 0.266 e. The number of thiophene rings is 1. The van der Waals surface area contributed by atoms with Crippen LogP contribution in [0.15, 0.2) is 29.6 Å². The van der Waals surface area contributed by atoms with Crippen LogP contribution in [0.3, 0.4) is 0 Å². The second-order valence-corrected chi connectivity index (χ2v) is 5.55. The number of amides is 1. The molecule has 21 heavy (non-hydrogen) atoms. The summed E-state index contributed by atoms with van der Waals surface area (Å²) in [5.41, 5.74) is 9.11. The Kier molecular flexibility index (Phi) is 5.15. The standard InChI is InChI=1S/C17H18N2OS/c1-3-13-8-10-21-16(13)17(20)19-15-7-6-12(2)11-14(15)5-4-9-18/h6-8,10-11H,3,9,18H2,1-2H3,(H,19,20). The maximum absolute atomic E-state index is 12.4. The van der Waals surface area contributed by atoms with Gasteiger partial charge in [-0.2, -0.15) is 0 Å². The molecule has 1 aromatic heterocycles. The summed E-state index contributed by atoms with van der Waals surface area (Å²) in [6, 6.07) is 7.78. The number of carbonyl (C=O) groups is 1. The molecule has 0 atom stereocenters. The average molecular weight is 298 g/mol. The Balaban J connectivity index is 2.29. The van der Waals surface area contributed by atoms with Gasteiger partial charge in [0.25, 0.3) is 5.91 Å². The Hall–Kier alpha value is -2.09. The zero-order chi connectivity index (χ0) is 15.2. The van der Waals surface area contributed by atoms with Crippen molar-refractivity contribution in [1.29, 1.82) is 0 Å². The molecular weight excluding hydrogens is 280 g/mol. The highest BCUT2D eigenvalue weighted by Gasteiger charge is 2.13. The van der Waals surface area contributed by atoms with Crippen LogP contribution in [-0.4, -0.2) is 12.5 Å². The molecule has 0 fully saturated rings. The predicted octanol–water partition coefficient (Wildman–Crippen LogP) is 3.18. The summed E-state index contributed by atoms with van der Waals surface area (Å²) < 4.78 is 0. The van der Waals surface area contributed by atoms with Crippen LogP contribution < -0.4 is 11.1 Å². The fourth-order valence-electron chi connectivity index (χ4n) is 2.01. The van der Waals surface area contributed by atoms with Crippen LogP contribution in [0, 0.1) is 18.8 Å². The predicted molar refractivity (Wildman–Crippen MR) is 88.8 cm³/mol. The Labute approximate surface area is 129 Å². The van der Waals surface area contributed by atoms with Crippen molar-refractivity contribution in [2.24, 2.45) is 5.73 Å². The van der Waals surface area contributed by atoms with E-state index >= 15 is 0 Å². The van der Waals surface area contributed by atoms with Crippen molar-refractivity contribution < 1.29 is 4.79 Å². The number of nitrogens with one attached hydrogen (secondary N) is 1. The van der Waals surface area contributed by atoms with Crippen LogP contribution in [-0.2, 0) is 6.42 Å². The van der Waals surface area contributed by atoms with Gasteiger partial charge in [-0.25, -0.2) is 0 Å². The van der Waals surface area contributed by atoms with Crippen LogP contribution in [0.4, 0.5) is 5.69 Å². The molecule has 3 N–H and O–H groups in total. The first kappa shape index (κ1) is 15.3. The molecule has 1 amide bonds. The molecule has 2 aromatic rings. The summed E-state index contributed by atoms with van der Waals surface area (Å²) in [6.07, 6.45) is 0.847. The molecule has 0 saturated carbocycles. The monoisotopic (exact) mass is 298 g/mol. The van der Waals surface area contributed by atoms with Gasteiger partial charge < -0.3 is 11.1 Å². The highest BCUT2D eigenvalue weighted by Crippen LogP contribution is 2.21. The lowest BCUT2D eigenvalue weighted by Gasteiger charge is -2.08. The molecule has 4 heteroatoms. The van der Waals surface area contributed by atoms with Gasteiger partial charge in [0.2, 0.25) is 0 Å². The molecule has 1 heterocycles. The zero-order valence-electron chi connectivity index (χ0n) is 12.2.